The molecular weight excluding hydrogens is 270 g/mol. The molecule has 1 aromatic heterocycles. The summed E-state index contributed by atoms with van der Waals surface area (Å²) in [6, 6.07) is 0. The van der Waals surface area contributed by atoms with Crippen LogP contribution in [0.2, 0.25) is 0 Å². The van der Waals surface area contributed by atoms with Gasteiger partial charge in [0.05, 0.1) is 6.20 Å². The molecule has 0 bridgehead atoms. The molecule has 108 valence electrons. The van der Waals surface area contributed by atoms with Crippen molar-refractivity contribution < 1.29 is 13.6 Å². The smallest absolute Gasteiger partial charge is 0.260 e. The van der Waals surface area contributed by atoms with Crippen LogP contribution in [-0.2, 0) is 10.0 Å². The molecule has 1 unspecified atom stereocenters. The first-order valence-electron chi connectivity index (χ1n) is 5.82. The van der Waals surface area contributed by atoms with Gasteiger partial charge < -0.3 is 15.9 Å². The Bertz CT molecular complexity index is 551. The molecule has 0 spiro atoms. The van der Waals surface area contributed by atoms with Gasteiger partial charge >= 0.3 is 0 Å². The molecule has 0 aliphatic heterocycles. The molecule has 0 amide bonds. The minimum Gasteiger partial charge on any atom is -0.409 e. The molecule has 4 N–H and O–H groups in total. The van der Waals surface area contributed by atoms with Crippen molar-refractivity contribution in [2.45, 2.75) is 25.8 Å². The van der Waals surface area contributed by atoms with Crippen molar-refractivity contribution in [1.29, 1.82) is 0 Å². The van der Waals surface area contributed by atoms with Crippen LogP contribution in [0, 0.1) is 12.8 Å². The van der Waals surface area contributed by atoms with Crippen LogP contribution in [0.15, 0.2) is 16.4 Å². The summed E-state index contributed by atoms with van der Waals surface area (Å²) in [6.07, 6.45) is 1.28. The molecule has 19 heavy (non-hydrogen) atoms. The SMILES string of the molecule is CCN(CC(C)C(N)=NO)S(=O)(=O)c1cnc(C)[nH]1. The standard InChI is InChI=1S/C10H19N5O3S/c1-4-15(6-7(2)10(11)14-16)19(17,18)9-5-12-8(3)13-9/h5,7,16H,4,6H2,1-3H3,(H2,11,14)(H,12,13). The van der Waals surface area contributed by atoms with E-state index in [0.29, 0.717) is 5.82 Å². The molecule has 8 nitrogen and oxygen atoms in total. The van der Waals surface area contributed by atoms with Crippen LogP contribution in [0.1, 0.15) is 19.7 Å². The highest BCUT2D eigenvalue weighted by Gasteiger charge is 2.27. The second-order valence-corrected chi connectivity index (χ2v) is 6.12. The lowest BCUT2D eigenvalue weighted by atomic mass is 10.1. The van der Waals surface area contributed by atoms with Gasteiger partial charge in [-0.15, -0.1) is 0 Å². The van der Waals surface area contributed by atoms with Crippen molar-refractivity contribution in [3.63, 3.8) is 0 Å². The van der Waals surface area contributed by atoms with E-state index < -0.39 is 10.0 Å². The quantitative estimate of drug-likeness (QED) is 0.297. The number of imidazole rings is 1. The third kappa shape index (κ3) is 3.44. The van der Waals surface area contributed by atoms with Crippen LogP contribution >= 0.6 is 0 Å². The molecule has 0 aromatic carbocycles. The first kappa shape index (κ1) is 15.4. The Morgan fingerprint density at radius 2 is 2.32 bits per heavy atom. The summed E-state index contributed by atoms with van der Waals surface area (Å²) in [5.41, 5.74) is 5.46. The number of hydrogen-bond donors (Lipinski definition) is 3. The van der Waals surface area contributed by atoms with E-state index in [2.05, 4.69) is 15.1 Å². The van der Waals surface area contributed by atoms with Gasteiger partial charge in [0.25, 0.3) is 10.0 Å². The van der Waals surface area contributed by atoms with Crippen molar-refractivity contribution in [2.24, 2.45) is 16.8 Å². The predicted molar refractivity (Wildman–Crippen MR) is 70.3 cm³/mol. The van der Waals surface area contributed by atoms with Crippen molar-refractivity contribution in [3.8, 4) is 0 Å². The molecule has 0 saturated carbocycles. The lowest BCUT2D eigenvalue weighted by Gasteiger charge is -2.22. The molecule has 0 aliphatic rings. The van der Waals surface area contributed by atoms with Crippen LogP contribution in [0.4, 0.5) is 0 Å². The Kier molecular flexibility index (Phi) is 4.90. The van der Waals surface area contributed by atoms with Gasteiger partial charge in [-0.1, -0.05) is 19.0 Å². The maximum atomic E-state index is 12.3. The van der Waals surface area contributed by atoms with Gasteiger partial charge in [0.2, 0.25) is 0 Å². The maximum absolute atomic E-state index is 12.3. The van der Waals surface area contributed by atoms with Gasteiger partial charge in [0.15, 0.2) is 5.03 Å². The number of nitrogens with two attached hydrogens (primary N) is 1. The molecule has 1 heterocycles. The van der Waals surface area contributed by atoms with E-state index in [1.165, 1.54) is 10.5 Å². The van der Waals surface area contributed by atoms with Gasteiger partial charge in [-0.3, -0.25) is 0 Å². The first-order chi connectivity index (χ1) is 8.82. The summed E-state index contributed by atoms with van der Waals surface area (Å²) in [5, 5.41) is 11.5. The Morgan fingerprint density at radius 3 is 2.74 bits per heavy atom. The highest BCUT2D eigenvalue weighted by atomic mass is 32.2. The Labute approximate surface area is 112 Å². The average molecular weight is 289 g/mol. The van der Waals surface area contributed by atoms with Crippen molar-refractivity contribution in [1.82, 2.24) is 14.3 Å². The summed E-state index contributed by atoms with van der Waals surface area (Å²) in [7, 11) is -3.64. The maximum Gasteiger partial charge on any atom is 0.260 e. The molecule has 1 rings (SSSR count). The van der Waals surface area contributed by atoms with E-state index in [1.54, 1.807) is 20.8 Å². The zero-order valence-electron chi connectivity index (χ0n) is 11.2. The normalized spacial score (nSPS) is 14.8. The highest BCUT2D eigenvalue weighted by Crippen LogP contribution is 2.15. The molecule has 0 saturated heterocycles. The third-order valence-electron chi connectivity index (χ3n) is 2.75. The lowest BCUT2D eigenvalue weighted by Crippen LogP contribution is -2.38. The van der Waals surface area contributed by atoms with E-state index in [4.69, 9.17) is 10.9 Å². The molecular formula is C10H19N5O3S. The number of H-pyrrole nitrogens is 1. The first-order valence-corrected chi connectivity index (χ1v) is 7.26. The van der Waals surface area contributed by atoms with E-state index >= 15 is 0 Å². The summed E-state index contributed by atoms with van der Waals surface area (Å²) >= 11 is 0. The topological polar surface area (TPSA) is 125 Å². The monoisotopic (exact) mass is 289 g/mol. The number of aromatic nitrogens is 2. The predicted octanol–water partition coefficient (Wildman–Crippen LogP) is 0.111. The summed E-state index contributed by atoms with van der Waals surface area (Å²) in [6.45, 7) is 5.50. The number of sulfonamides is 1. The second-order valence-electron chi connectivity index (χ2n) is 4.21. The Morgan fingerprint density at radius 1 is 1.68 bits per heavy atom. The molecule has 0 aliphatic carbocycles. The van der Waals surface area contributed by atoms with Gasteiger partial charge in [0, 0.05) is 19.0 Å². The van der Waals surface area contributed by atoms with Gasteiger partial charge in [-0.2, -0.15) is 4.31 Å². The van der Waals surface area contributed by atoms with E-state index in [1.807, 2.05) is 0 Å². The van der Waals surface area contributed by atoms with Crippen molar-refractivity contribution in [2.75, 3.05) is 13.1 Å². The molecule has 0 fully saturated rings. The number of amidine groups is 1. The number of hydrogen-bond acceptors (Lipinski definition) is 5. The number of nitrogens with one attached hydrogen (secondary N) is 1. The minimum absolute atomic E-state index is 0.00515. The molecule has 9 heteroatoms. The number of aromatic amines is 1. The summed E-state index contributed by atoms with van der Waals surface area (Å²) < 4.78 is 25.9. The van der Waals surface area contributed by atoms with E-state index in [0.717, 1.165) is 0 Å². The number of oxime groups is 1. The third-order valence-corrected chi connectivity index (χ3v) is 4.60. The fourth-order valence-electron chi connectivity index (χ4n) is 1.56. The van der Waals surface area contributed by atoms with Gasteiger partial charge in [0.1, 0.15) is 11.7 Å². The highest BCUT2D eigenvalue weighted by molar-refractivity contribution is 7.89. The zero-order valence-corrected chi connectivity index (χ0v) is 12.0. The fourth-order valence-corrected chi connectivity index (χ4v) is 3.06. The fraction of sp³-hybridized carbons (Fsp3) is 0.600. The number of aryl methyl sites for hydroxylation is 1. The summed E-state index contributed by atoms with van der Waals surface area (Å²) in [5.74, 6) is 0.136. The van der Waals surface area contributed by atoms with Crippen LogP contribution in [0.5, 0.6) is 0 Å². The molecule has 1 aromatic rings. The van der Waals surface area contributed by atoms with Gasteiger partial charge in [-0.25, -0.2) is 13.4 Å². The lowest BCUT2D eigenvalue weighted by molar-refractivity contribution is 0.311. The van der Waals surface area contributed by atoms with Crippen LogP contribution in [0.25, 0.3) is 0 Å². The minimum atomic E-state index is -3.64. The Balaban J connectivity index is 2.97. The van der Waals surface area contributed by atoms with E-state index in [-0.39, 0.29) is 29.9 Å². The number of rotatable bonds is 6. The zero-order chi connectivity index (χ0) is 14.6. The Hall–Kier alpha value is -1.61. The average Bonchev–Trinajstić information content (AvgIpc) is 2.81. The summed E-state index contributed by atoms with van der Waals surface area (Å²) in [4.78, 5) is 6.58. The van der Waals surface area contributed by atoms with E-state index in [9.17, 15) is 8.42 Å². The molecule has 0 radical (unpaired) electrons. The number of nitrogens with zero attached hydrogens (tertiary/aromatic N) is 3. The van der Waals surface area contributed by atoms with Crippen LogP contribution in [-0.4, -0.2) is 46.8 Å². The van der Waals surface area contributed by atoms with Crippen LogP contribution in [0.3, 0.4) is 0 Å². The van der Waals surface area contributed by atoms with Crippen molar-refractivity contribution >= 4 is 15.9 Å². The second kappa shape index (κ2) is 6.02. The van der Waals surface area contributed by atoms with Gasteiger partial charge in [-0.05, 0) is 6.92 Å². The largest absolute Gasteiger partial charge is 0.409 e. The van der Waals surface area contributed by atoms with Crippen molar-refractivity contribution in [3.05, 3.63) is 12.0 Å². The van der Waals surface area contributed by atoms with Crippen LogP contribution < -0.4 is 5.73 Å². The molecule has 1 atom stereocenters.